The summed E-state index contributed by atoms with van der Waals surface area (Å²) in [4.78, 5) is 0. The molecule has 3 aliphatic rings. The van der Waals surface area contributed by atoms with Crippen LogP contribution in [0.3, 0.4) is 0 Å². The second kappa shape index (κ2) is 2.27. The highest BCUT2D eigenvalue weighted by Crippen LogP contribution is 2.44. The number of nitriles is 1. The van der Waals surface area contributed by atoms with Crippen LogP contribution in [0.4, 0.5) is 0 Å². The molecule has 10 heavy (non-hydrogen) atoms. The van der Waals surface area contributed by atoms with Crippen LogP contribution in [0, 0.1) is 29.1 Å². The minimum Gasteiger partial charge on any atom is -0.198 e. The number of rotatable bonds is 0. The molecule has 0 aliphatic heterocycles. The van der Waals surface area contributed by atoms with Gasteiger partial charge < -0.3 is 0 Å². The SMILES string of the molecule is N#C[C@H]1CC2CCC1CC2. The van der Waals surface area contributed by atoms with Crippen LogP contribution in [0.5, 0.6) is 0 Å². The number of fused-ring (bicyclic) bond motifs is 3. The lowest BCUT2D eigenvalue weighted by molar-refractivity contribution is 0.132. The van der Waals surface area contributed by atoms with Crippen LogP contribution in [0.2, 0.25) is 0 Å². The van der Waals surface area contributed by atoms with E-state index >= 15 is 0 Å². The van der Waals surface area contributed by atoms with Gasteiger partial charge in [-0.3, -0.25) is 0 Å². The van der Waals surface area contributed by atoms with E-state index in [1.54, 1.807) is 0 Å². The van der Waals surface area contributed by atoms with Gasteiger partial charge in [0.2, 0.25) is 0 Å². The normalized spacial score (nSPS) is 44.9. The third kappa shape index (κ3) is 0.831. The first-order valence-corrected chi connectivity index (χ1v) is 4.30. The lowest BCUT2D eigenvalue weighted by atomic mass is 9.65. The lowest BCUT2D eigenvalue weighted by Crippen LogP contribution is -2.30. The van der Waals surface area contributed by atoms with Crippen LogP contribution in [0.1, 0.15) is 32.1 Å². The molecular weight excluding hydrogens is 122 g/mol. The van der Waals surface area contributed by atoms with Crippen LogP contribution < -0.4 is 0 Å². The molecule has 3 fully saturated rings. The van der Waals surface area contributed by atoms with Crippen LogP contribution >= 0.6 is 0 Å². The van der Waals surface area contributed by atoms with E-state index in [1.165, 1.54) is 32.1 Å². The van der Waals surface area contributed by atoms with Crippen LogP contribution in [-0.4, -0.2) is 0 Å². The molecule has 0 spiro atoms. The summed E-state index contributed by atoms with van der Waals surface area (Å²) in [7, 11) is 0. The summed E-state index contributed by atoms with van der Waals surface area (Å²) in [6.45, 7) is 0. The lowest BCUT2D eigenvalue weighted by Gasteiger charge is -2.39. The predicted octanol–water partition coefficient (Wildman–Crippen LogP) is 2.34. The summed E-state index contributed by atoms with van der Waals surface area (Å²) >= 11 is 0. The van der Waals surface area contributed by atoms with Crippen molar-refractivity contribution >= 4 is 0 Å². The van der Waals surface area contributed by atoms with Crippen molar-refractivity contribution < 1.29 is 0 Å². The topological polar surface area (TPSA) is 23.8 Å². The van der Waals surface area contributed by atoms with E-state index in [-0.39, 0.29) is 0 Å². The van der Waals surface area contributed by atoms with E-state index in [2.05, 4.69) is 6.07 Å². The highest BCUT2D eigenvalue weighted by atomic mass is 14.4. The highest BCUT2D eigenvalue weighted by molar-refractivity contribution is 4.96. The minimum atomic E-state index is 0.424. The average molecular weight is 135 g/mol. The Morgan fingerprint density at radius 2 is 1.80 bits per heavy atom. The highest BCUT2D eigenvalue weighted by Gasteiger charge is 2.35. The fourth-order valence-corrected chi connectivity index (χ4v) is 2.54. The molecule has 54 valence electrons. The molecule has 1 heteroatoms. The zero-order valence-electron chi connectivity index (χ0n) is 6.21. The largest absolute Gasteiger partial charge is 0.198 e. The Bertz CT molecular complexity index is 160. The summed E-state index contributed by atoms with van der Waals surface area (Å²) in [5, 5.41) is 8.76. The fourth-order valence-electron chi connectivity index (χ4n) is 2.54. The van der Waals surface area contributed by atoms with Gasteiger partial charge in [-0.25, -0.2) is 0 Å². The van der Waals surface area contributed by atoms with Crippen molar-refractivity contribution in [2.75, 3.05) is 0 Å². The quantitative estimate of drug-likeness (QED) is 0.500. The number of hydrogen-bond acceptors (Lipinski definition) is 1. The average Bonchev–Trinajstić information content (AvgIpc) is 2.06. The number of nitrogens with zero attached hydrogens (tertiary/aromatic N) is 1. The van der Waals surface area contributed by atoms with Gasteiger partial charge in [0.15, 0.2) is 0 Å². The Hall–Kier alpha value is -0.510. The van der Waals surface area contributed by atoms with Crippen molar-refractivity contribution in [1.29, 1.82) is 5.26 Å². The molecule has 3 aliphatic carbocycles. The van der Waals surface area contributed by atoms with Crippen LogP contribution in [0.25, 0.3) is 0 Å². The molecule has 1 atom stereocenters. The summed E-state index contributed by atoms with van der Waals surface area (Å²) < 4.78 is 0. The van der Waals surface area contributed by atoms with Crippen molar-refractivity contribution in [1.82, 2.24) is 0 Å². The van der Waals surface area contributed by atoms with E-state index in [4.69, 9.17) is 5.26 Å². The van der Waals surface area contributed by atoms with Gasteiger partial charge in [0.05, 0.1) is 6.07 Å². The molecule has 0 aromatic rings. The van der Waals surface area contributed by atoms with E-state index in [0.717, 1.165) is 11.8 Å². The molecule has 0 amide bonds. The van der Waals surface area contributed by atoms with Gasteiger partial charge in [-0.2, -0.15) is 5.26 Å². The molecular formula is C9H13N. The summed E-state index contributed by atoms with van der Waals surface area (Å²) in [6, 6.07) is 2.44. The predicted molar refractivity (Wildman–Crippen MR) is 39.2 cm³/mol. The van der Waals surface area contributed by atoms with Gasteiger partial charge in [-0.15, -0.1) is 0 Å². The molecule has 0 N–H and O–H groups in total. The van der Waals surface area contributed by atoms with E-state index < -0.39 is 0 Å². The molecule has 0 heterocycles. The van der Waals surface area contributed by atoms with Gasteiger partial charge in [0, 0.05) is 5.92 Å². The van der Waals surface area contributed by atoms with Crippen LogP contribution in [0.15, 0.2) is 0 Å². The third-order valence-corrected chi connectivity index (χ3v) is 3.21. The second-order valence-corrected chi connectivity index (χ2v) is 3.75. The minimum absolute atomic E-state index is 0.424. The Kier molecular flexibility index (Phi) is 1.41. The molecule has 0 aromatic carbocycles. The first kappa shape index (κ1) is 6.22. The molecule has 0 radical (unpaired) electrons. The van der Waals surface area contributed by atoms with Crippen molar-refractivity contribution in [3.05, 3.63) is 0 Å². The Labute approximate surface area is 62.0 Å². The van der Waals surface area contributed by atoms with E-state index in [0.29, 0.717) is 5.92 Å². The molecule has 0 unspecified atom stereocenters. The molecule has 0 saturated heterocycles. The Balaban J connectivity index is 2.09. The maximum absolute atomic E-state index is 8.76. The van der Waals surface area contributed by atoms with Gasteiger partial charge in [0.1, 0.15) is 0 Å². The molecule has 3 rings (SSSR count). The van der Waals surface area contributed by atoms with Crippen molar-refractivity contribution in [2.45, 2.75) is 32.1 Å². The third-order valence-electron chi connectivity index (χ3n) is 3.21. The summed E-state index contributed by atoms with van der Waals surface area (Å²) in [5.41, 5.74) is 0. The molecule has 2 bridgehead atoms. The molecule has 1 nitrogen and oxygen atoms in total. The maximum atomic E-state index is 8.76. The van der Waals surface area contributed by atoms with Gasteiger partial charge in [0.25, 0.3) is 0 Å². The zero-order chi connectivity index (χ0) is 6.97. The van der Waals surface area contributed by atoms with E-state index in [9.17, 15) is 0 Å². The smallest absolute Gasteiger partial charge is 0.0658 e. The number of hydrogen-bond donors (Lipinski definition) is 0. The first-order chi connectivity index (χ1) is 4.90. The van der Waals surface area contributed by atoms with Crippen molar-refractivity contribution in [2.24, 2.45) is 17.8 Å². The Morgan fingerprint density at radius 1 is 1.10 bits per heavy atom. The molecule has 0 aromatic heterocycles. The van der Waals surface area contributed by atoms with Gasteiger partial charge >= 0.3 is 0 Å². The van der Waals surface area contributed by atoms with Crippen molar-refractivity contribution in [3.63, 3.8) is 0 Å². The van der Waals surface area contributed by atoms with E-state index in [1.807, 2.05) is 0 Å². The molecule has 3 saturated carbocycles. The van der Waals surface area contributed by atoms with Crippen LogP contribution in [-0.2, 0) is 0 Å². The zero-order valence-corrected chi connectivity index (χ0v) is 6.21. The van der Waals surface area contributed by atoms with Gasteiger partial charge in [-0.05, 0) is 31.1 Å². The monoisotopic (exact) mass is 135 g/mol. The van der Waals surface area contributed by atoms with Crippen molar-refractivity contribution in [3.8, 4) is 6.07 Å². The standard InChI is InChI=1S/C9H13N/c10-6-9-5-7-1-3-8(9)4-2-7/h7-9H,1-5H2/t7?,8?,9-/m1/s1. The Morgan fingerprint density at radius 3 is 2.10 bits per heavy atom. The summed E-state index contributed by atoms with van der Waals surface area (Å²) in [5.74, 6) is 2.11. The first-order valence-electron chi connectivity index (χ1n) is 4.30. The fraction of sp³-hybridized carbons (Fsp3) is 0.889. The van der Waals surface area contributed by atoms with Gasteiger partial charge in [-0.1, -0.05) is 12.8 Å². The summed E-state index contributed by atoms with van der Waals surface area (Å²) in [6.07, 6.45) is 6.69. The second-order valence-electron chi connectivity index (χ2n) is 3.75. The maximum Gasteiger partial charge on any atom is 0.0658 e.